The molecule has 1 heterocycles. The molecule has 19 heavy (non-hydrogen) atoms. The lowest BCUT2D eigenvalue weighted by atomic mass is 10.2. The number of halogens is 1. The second-order valence-electron chi connectivity index (χ2n) is 3.61. The molecule has 0 aliphatic carbocycles. The molecule has 0 bridgehead atoms. The minimum absolute atomic E-state index is 0. The Morgan fingerprint density at radius 1 is 1.00 bits per heavy atom. The van der Waals surface area contributed by atoms with Crippen LogP contribution >= 0.6 is 0 Å². The van der Waals surface area contributed by atoms with Crippen molar-refractivity contribution in [1.82, 2.24) is 0 Å². The molecule has 0 aliphatic heterocycles. The first kappa shape index (κ1) is 15.4. The van der Waals surface area contributed by atoms with Crippen LogP contribution in [0.2, 0.25) is 0 Å². The third-order valence-corrected chi connectivity index (χ3v) is 2.45. The van der Waals surface area contributed by atoms with Crippen LogP contribution in [-0.2, 0) is 0 Å². The molecule has 2 aromatic rings. The van der Waals surface area contributed by atoms with Crippen LogP contribution in [0.5, 0.6) is 11.5 Å². The molecule has 0 fully saturated rings. The fourth-order valence-corrected chi connectivity index (χ4v) is 1.53. The zero-order valence-electron chi connectivity index (χ0n) is 10.8. The van der Waals surface area contributed by atoms with Gasteiger partial charge < -0.3 is 33.5 Å². The number of nitrogens with zero attached hydrogens (tertiary/aromatic N) is 2. The molecule has 0 amide bonds. The molecule has 1 aromatic heterocycles. The van der Waals surface area contributed by atoms with Crippen LogP contribution in [0, 0.1) is 0 Å². The zero-order chi connectivity index (χ0) is 12.8. The van der Waals surface area contributed by atoms with Crippen molar-refractivity contribution < 1.29 is 38.1 Å². The van der Waals surface area contributed by atoms with Gasteiger partial charge in [0.25, 0.3) is 0 Å². The predicted molar refractivity (Wildman–Crippen MR) is 69.2 cm³/mol. The van der Waals surface area contributed by atoms with Gasteiger partial charge in [-0.25, -0.2) is 0 Å². The van der Waals surface area contributed by atoms with E-state index in [1.165, 1.54) is 0 Å². The maximum Gasteiger partial charge on any atom is 0.202 e. The molecular weight excluding hydrogens is 355 g/mol. The molecule has 2 rings (SSSR count). The van der Waals surface area contributed by atoms with E-state index in [4.69, 9.17) is 9.47 Å². The number of hydrogen-bond acceptors (Lipinski definition) is 3. The van der Waals surface area contributed by atoms with Crippen molar-refractivity contribution in [1.29, 1.82) is 0 Å². The van der Waals surface area contributed by atoms with Crippen LogP contribution in [0.25, 0.3) is 0 Å². The number of methoxy groups -OCH3 is 2. The largest absolute Gasteiger partial charge is 1.00 e. The Hall–Kier alpha value is -1.63. The molecule has 0 unspecified atom stereocenters. The summed E-state index contributed by atoms with van der Waals surface area (Å²) in [5, 5.41) is 4.30. The fourth-order valence-electron chi connectivity index (χ4n) is 1.53. The normalized spacial score (nSPS) is 10.0. The van der Waals surface area contributed by atoms with Crippen LogP contribution in [-0.4, -0.2) is 20.4 Å². The Bertz CT molecular complexity index is 544. The van der Waals surface area contributed by atoms with Gasteiger partial charge in [0.15, 0.2) is 11.5 Å². The lowest BCUT2D eigenvalue weighted by Gasteiger charge is -2.06. The summed E-state index contributed by atoms with van der Waals surface area (Å²) in [5.74, 6) is 1.40. The summed E-state index contributed by atoms with van der Waals surface area (Å²) in [6.45, 7) is 0. The molecule has 5 heteroatoms. The van der Waals surface area contributed by atoms with Gasteiger partial charge in [0, 0.05) is 17.7 Å². The van der Waals surface area contributed by atoms with Crippen LogP contribution in [0.3, 0.4) is 0 Å². The highest BCUT2D eigenvalue weighted by Gasteiger charge is 2.03. The van der Waals surface area contributed by atoms with Gasteiger partial charge in [-0.1, -0.05) is 10.7 Å². The monoisotopic (exact) mass is 370 g/mol. The lowest BCUT2D eigenvalue weighted by Crippen LogP contribution is -3.00. The van der Waals surface area contributed by atoms with Crippen molar-refractivity contribution in [3.8, 4) is 11.5 Å². The van der Waals surface area contributed by atoms with Crippen molar-refractivity contribution in [3.63, 3.8) is 0 Å². The fraction of sp³-hybridized carbons (Fsp3) is 0.143. The zero-order valence-corrected chi connectivity index (χ0v) is 12.9. The molecule has 0 radical (unpaired) electrons. The minimum atomic E-state index is 0. The SMILES string of the molecule is COc1ccc(/C=N/[n+]2ccccc2)cc1OC.[I-]. The molecule has 0 aliphatic rings. The second-order valence-corrected chi connectivity index (χ2v) is 3.61. The quantitative estimate of drug-likeness (QED) is 0.388. The van der Waals surface area contributed by atoms with E-state index >= 15 is 0 Å². The van der Waals surface area contributed by atoms with Crippen molar-refractivity contribution >= 4 is 6.21 Å². The van der Waals surface area contributed by atoms with Crippen molar-refractivity contribution in [3.05, 3.63) is 54.4 Å². The molecule has 100 valence electrons. The van der Waals surface area contributed by atoms with Crippen LogP contribution < -0.4 is 38.1 Å². The van der Waals surface area contributed by atoms with Crippen LogP contribution in [0.1, 0.15) is 5.56 Å². The van der Waals surface area contributed by atoms with E-state index in [9.17, 15) is 0 Å². The van der Waals surface area contributed by atoms with E-state index in [1.54, 1.807) is 25.1 Å². The average Bonchev–Trinajstić information content (AvgIpc) is 2.45. The maximum absolute atomic E-state index is 5.24. The van der Waals surface area contributed by atoms with E-state index in [2.05, 4.69) is 5.10 Å². The Morgan fingerprint density at radius 2 is 1.68 bits per heavy atom. The van der Waals surface area contributed by atoms with Gasteiger partial charge in [0.05, 0.1) is 14.2 Å². The topological polar surface area (TPSA) is 34.7 Å². The predicted octanol–water partition coefficient (Wildman–Crippen LogP) is -1.12. The number of pyridine rings is 1. The number of ether oxygens (including phenoxy) is 2. The summed E-state index contributed by atoms with van der Waals surface area (Å²) >= 11 is 0. The van der Waals surface area contributed by atoms with Crippen molar-refractivity contribution in [2.45, 2.75) is 0 Å². The lowest BCUT2D eigenvalue weighted by molar-refractivity contribution is -0.678. The number of hydrogen-bond donors (Lipinski definition) is 0. The van der Waals surface area contributed by atoms with Gasteiger partial charge in [-0.3, -0.25) is 0 Å². The van der Waals surface area contributed by atoms with Crippen LogP contribution in [0.4, 0.5) is 0 Å². The van der Waals surface area contributed by atoms with Gasteiger partial charge in [-0.05, 0) is 23.3 Å². The summed E-state index contributed by atoms with van der Waals surface area (Å²) in [5.41, 5.74) is 0.948. The average molecular weight is 370 g/mol. The van der Waals surface area contributed by atoms with Crippen molar-refractivity contribution in [2.24, 2.45) is 5.10 Å². The minimum Gasteiger partial charge on any atom is -1.00 e. The molecule has 4 nitrogen and oxygen atoms in total. The maximum atomic E-state index is 5.24. The summed E-state index contributed by atoms with van der Waals surface area (Å²) in [6, 6.07) is 11.5. The molecule has 0 saturated carbocycles. The third kappa shape index (κ3) is 4.20. The summed E-state index contributed by atoms with van der Waals surface area (Å²) in [6.07, 6.45) is 5.51. The van der Waals surface area contributed by atoms with E-state index < -0.39 is 0 Å². The van der Waals surface area contributed by atoms with Gasteiger partial charge >= 0.3 is 0 Å². The second kappa shape index (κ2) is 7.73. The summed E-state index contributed by atoms with van der Waals surface area (Å²) in [4.78, 5) is 0. The highest BCUT2D eigenvalue weighted by atomic mass is 127. The number of benzene rings is 1. The third-order valence-electron chi connectivity index (χ3n) is 2.45. The first-order valence-electron chi connectivity index (χ1n) is 5.56. The number of rotatable bonds is 4. The highest BCUT2D eigenvalue weighted by Crippen LogP contribution is 2.26. The van der Waals surface area contributed by atoms with Gasteiger partial charge in [-0.15, -0.1) is 0 Å². The van der Waals surface area contributed by atoms with E-state index in [0.29, 0.717) is 11.5 Å². The van der Waals surface area contributed by atoms with Crippen LogP contribution in [0.15, 0.2) is 53.9 Å². The number of aromatic nitrogens is 1. The first-order valence-corrected chi connectivity index (χ1v) is 5.56. The Balaban J connectivity index is 0.00000180. The first-order chi connectivity index (χ1) is 8.83. The van der Waals surface area contributed by atoms with Crippen molar-refractivity contribution in [2.75, 3.05) is 14.2 Å². The van der Waals surface area contributed by atoms with E-state index in [0.717, 1.165) is 5.56 Å². The molecule has 1 aromatic carbocycles. The Kier molecular flexibility index (Phi) is 6.27. The summed E-state index contributed by atoms with van der Waals surface area (Å²) < 4.78 is 12.1. The van der Waals surface area contributed by atoms with E-state index in [1.807, 2.05) is 48.8 Å². The van der Waals surface area contributed by atoms with Gasteiger partial charge in [0.2, 0.25) is 12.4 Å². The molecule has 0 N–H and O–H groups in total. The standard InChI is InChI=1S/C14H15N2O2.HI/c1-17-13-7-6-12(10-14(13)18-2)11-15-16-8-4-3-5-9-16;/h3-11H,1-2H3;1H/q+1;/p-1/b15-11+;. The highest BCUT2D eigenvalue weighted by molar-refractivity contribution is 5.80. The smallest absolute Gasteiger partial charge is 0.202 e. The Morgan fingerprint density at radius 3 is 2.32 bits per heavy atom. The molecule has 0 atom stereocenters. The molecular formula is C14H15IN2O2. The van der Waals surface area contributed by atoms with Gasteiger partial charge in [-0.2, -0.15) is 0 Å². The van der Waals surface area contributed by atoms with E-state index in [-0.39, 0.29) is 24.0 Å². The van der Waals surface area contributed by atoms with Gasteiger partial charge in [0.1, 0.15) is 6.21 Å². The Labute approximate surface area is 129 Å². The summed E-state index contributed by atoms with van der Waals surface area (Å²) in [7, 11) is 3.23. The molecule has 0 saturated heterocycles. The molecule has 0 spiro atoms.